The molecule has 2 aliphatic rings. The first-order valence-electron chi connectivity index (χ1n) is 7.90. The number of fused-ring (bicyclic) bond motifs is 1. The minimum absolute atomic E-state index is 0.190. The number of carbonyl (C=O) groups is 1. The van der Waals surface area contributed by atoms with Crippen LogP contribution < -0.4 is 15.4 Å². The Morgan fingerprint density at radius 2 is 2.29 bits per heavy atom. The van der Waals surface area contributed by atoms with Crippen molar-refractivity contribution in [2.24, 2.45) is 5.92 Å². The minimum atomic E-state index is 0.190. The van der Waals surface area contributed by atoms with Crippen molar-refractivity contribution in [2.45, 2.75) is 31.6 Å². The summed E-state index contributed by atoms with van der Waals surface area (Å²) in [6.45, 7) is 2.88. The maximum atomic E-state index is 12.1. The van der Waals surface area contributed by atoms with E-state index in [1.165, 1.54) is 11.1 Å². The molecular weight excluding hydrogens is 264 g/mol. The first-order chi connectivity index (χ1) is 10.3. The molecule has 0 saturated carbocycles. The summed E-state index contributed by atoms with van der Waals surface area (Å²) < 4.78 is 5.30. The van der Waals surface area contributed by atoms with Crippen LogP contribution >= 0.6 is 0 Å². The van der Waals surface area contributed by atoms with Crippen molar-refractivity contribution in [1.29, 1.82) is 0 Å². The zero-order valence-electron chi connectivity index (χ0n) is 12.7. The van der Waals surface area contributed by atoms with Crippen molar-refractivity contribution in [2.75, 3.05) is 26.7 Å². The molecule has 1 unspecified atom stereocenters. The minimum Gasteiger partial charge on any atom is -0.497 e. The van der Waals surface area contributed by atoms with Crippen LogP contribution in [0.4, 0.5) is 0 Å². The van der Waals surface area contributed by atoms with Gasteiger partial charge in [-0.2, -0.15) is 0 Å². The number of aryl methyl sites for hydroxylation is 1. The molecule has 1 fully saturated rings. The van der Waals surface area contributed by atoms with Gasteiger partial charge in [0.15, 0.2) is 0 Å². The van der Waals surface area contributed by atoms with Crippen LogP contribution in [0.1, 0.15) is 36.3 Å². The Balaban J connectivity index is 1.60. The predicted molar refractivity (Wildman–Crippen MR) is 82.7 cm³/mol. The summed E-state index contributed by atoms with van der Waals surface area (Å²) in [7, 11) is 1.70. The third kappa shape index (κ3) is 3.38. The van der Waals surface area contributed by atoms with Crippen LogP contribution in [0.15, 0.2) is 18.2 Å². The standard InChI is InChI=1S/C17H24N2O2/c1-21-15-5-6-16-13(7-15)3-2-4-14(16)8-17(20)19-11-12-9-18-10-12/h5-7,12,14,18H,2-4,8-11H2,1H3,(H,19,20). The lowest BCUT2D eigenvalue weighted by molar-refractivity contribution is -0.121. The summed E-state index contributed by atoms with van der Waals surface area (Å²) >= 11 is 0. The van der Waals surface area contributed by atoms with Crippen LogP contribution in [-0.4, -0.2) is 32.7 Å². The largest absolute Gasteiger partial charge is 0.497 e. The SMILES string of the molecule is COc1ccc2c(c1)CCCC2CC(=O)NCC1CNC1. The van der Waals surface area contributed by atoms with Gasteiger partial charge < -0.3 is 15.4 Å². The first kappa shape index (κ1) is 14.4. The molecule has 1 amide bonds. The van der Waals surface area contributed by atoms with Gasteiger partial charge in [0.25, 0.3) is 0 Å². The number of hydrogen-bond donors (Lipinski definition) is 2. The monoisotopic (exact) mass is 288 g/mol. The van der Waals surface area contributed by atoms with Gasteiger partial charge in [-0.3, -0.25) is 4.79 Å². The van der Waals surface area contributed by atoms with E-state index in [9.17, 15) is 4.79 Å². The van der Waals surface area contributed by atoms with Gasteiger partial charge >= 0.3 is 0 Å². The Hall–Kier alpha value is -1.55. The maximum Gasteiger partial charge on any atom is 0.220 e. The average Bonchev–Trinajstić information content (AvgIpc) is 2.45. The Morgan fingerprint density at radius 3 is 3.00 bits per heavy atom. The molecule has 2 N–H and O–H groups in total. The summed E-state index contributed by atoms with van der Waals surface area (Å²) in [5.74, 6) is 2.09. The molecule has 0 radical (unpaired) electrons. The highest BCUT2D eigenvalue weighted by atomic mass is 16.5. The second-order valence-corrected chi connectivity index (χ2v) is 6.19. The molecule has 1 aromatic rings. The van der Waals surface area contributed by atoms with Gasteiger partial charge in [-0.05, 0) is 48.4 Å². The number of rotatable bonds is 5. The highest BCUT2D eigenvalue weighted by molar-refractivity contribution is 5.77. The van der Waals surface area contributed by atoms with Crippen LogP contribution in [-0.2, 0) is 11.2 Å². The molecule has 1 atom stereocenters. The molecule has 0 spiro atoms. The first-order valence-corrected chi connectivity index (χ1v) is 7.90. The second-order valence-electron chi connectivity index (χ2n) is 6.19. The van der Waals surface area contributed by atoms with E-state index in [1.807, 2.05) is 6.07 Å². The Kier molecular flexibility index (Phi) is 4.44. The third-order valence-corrected chi connectivity index (χ3v) is 4.67. The van der Waals surface area contributed by atoms with Crippen molar-refractivity contribution < 1.29 is 9.53 Å². The number of hydrogen-bond acceptors (Lipinski definition) is 3. The molecule has 1 saturated heterocycles. The van der Waals surface area contributed by atoms with Crippen molar-refractivity contribution in [3.05, 3.63) is 29.3 Å². The smallest absolute Gasteiger partial charge is 0.220 e. The van der Waals surface area contributed by atoms with Crippen molar-refractivity contribution in [3.63, 3.8) is 0 Å². The quantitative estimate of drug-likeness (QED) is 0.869. The molecule has 0 bridgehead atoms. The normalized spacial score (nSPS) is 21.3. The fourth-order valence-corrected chi connectivity index (χ4v) is 3.28. The van der Waals surface area contributed by atoms with Crippen LogP contribution in [0.3, 0.4) is 0 Å². The molecule has 21 heavy (non-hydrogen) atoms. The van der Waals surface area contributed by atoms with E-state index in [0.717, 1.165) is 44.6 Å². The van der Waals surface area contributed by atoms with Gasteiger partial charge in [-0.15, -0.1) is 0 Å². The zero-order chi connectivity index (χ0) is 14.7. The summed E-state index contributed by atoms with van der Waals surface area (Å²) in [4.78, 5) is 12.1. The number of carbonyl (C=O) groups excluding carboxylic acids is 1. The Morgan fingerprint density at radius 1 is 1.43 bits per heavy atom. The topological polar surface area (TPSA) is 50.4 Å². The summed E-state index contributed by atoms with van der Waals surface area (Å²) in [6.07, 6.45) is 3.97. The molecule has 0 aromatic heterocycles. The number of nitrogens with one attached hydrogen (secondary N) is 2. The maximum absolute atomic E-state index is 12.1. The van der Waals surface area contributed by atoms with Crippen LogP contribution in [0.25, 0.3) is 0 Å². The van der Waals surface area contributed by atoms with Gasteiger partial charge in [0.2, 0.25) is 5.91 Å². The van der Waals surface area contributed by atoms with Gasteiger partial charge in [-0.1, -0.05) is 6.07 Å². The van der Waals surface area contributed by atoms with E-state index < -0.39 is 0 Å². The van der Waals surface area contributed by atoms with Crippen molar-refractivity contribution in [3.8, 4) is 5.75 Å². The van der Waals surface area contributed by atoms with Crippen molar-refractivity contribution in [1.82, 2.24) is 10.6 Å². The van der Waals surface area contributed by atoms with Crippen molar-refractivity contribution >= 4 is 5.91 Å². The Bertz CT molecular complexity index is 512. The molecule has 4 nitrogen and oxygen atoms in total. The van der Waals surface area contributed by atoms with Gasteiger partial charge in [-0.25, -0.2) is 0 Å². The molecule has 114 valence electrons. The average molecular weight is 288 g/mol. The summed E-state index contributed by atoms with van der Waals surface area (Å²) in [5, 5.41) is 6.31. The molecular formula is C17H24N2O2. The van der Waals surface area contributed by atoms with E-state index in [-0.39, 0.29) is 5.91 Å². The van der Waals surface area contributed by atoms with E-state index >= 15 is 0 Å². The lowest BCUT2D eigenvalue weighted by atomic mass is 9.81. The van der Waals surface area contributed by atoms with E-state index in [1.54, 1.807) is 7.11 Å². The van der Waals surface area contributed by atoms with Gasteiger partial charge in [0.1, 0.15) is 5.75 Å². The number of methoxy groups -OCH3 is 1. The number of benzene rings is 1. The number of ether oxygens (including phenoxy) is 1. The molecule has 1 aliphatic carbocycles. The van der Waals surface area contributed by atoms with Crippen LogP contribution in [0.2, 0.25) is 0 Å². The number of amides is 1. The van der Waals surface area contributed by atoms with Crippen LogP contribution in [0, 0.1) is 5.92 Å². The molecule has 1 aliphatic heterocycles. The Labute approximate surface area is 126 Å². The zero-order valence-corrected chi connectivity index (χ0v) is 12.7. The summed E-state index contributed by atoms with van der Waals surface area (Å²) in [5.41, 5.74) is 2.68. The predicted octanol–water partition coefficient (Wildman–Crippen LogP) is 1.84. The fourth-order valence-electron chi connectivity index (χ4n) is 3.28. The van der Waals surface area contributed by atoms with E-state index in [4.69, 9.17) is 4.74 Å². The third-order valence-electron chi connectivity index (χ3n) is 4.67. The highest BCUT2D eigenvalue weighted by Crippen LogP contribution is 2.35. The second kappa shape index (κ2) is 6.48. The van der Waals surface area contributed by atoms with Gasteiger partial charge in [0, 0.05) is 32.0 Å². The van der Waals surface area contributed by atoms with Crippen LogP contribution in [0.5, 0.6) is 5.75 Å². The van der Waals surface area contributed by atoms with E-state index in [0.29, 0.717) is 18.3 Å². The highest BCUT2D eigenvalue weighted by Gasteiger charge is 2.24. The fraction of sp³-hybridized carbons (Fsp3) is 0.588. The molecule has 1 aromatic carbocycles. The lowest BCUT2D eigenvalue weighted by Gasteiger charge is -2.28. The van der Waals surface area contributed by atoms with E-state index in [2.05, 4.69) is 22.8 Å². The molecule has 1 heterocycles. The molecule has 4 heteroatoms. The lowest BCUT2D eigenvalue weighted by Crippen LogP contribution is -2.48. The molecule has 3 rings (SSSR count). The summed E-state index contributed by atoms with van der Waals surface area (Å²) in [6, 6.07) is 6.27. The van der Waals surface area contributed by atoms with Gasteiger partial charge in [0.05, 0.1) is 7.11 Å².